The molecule has 5 nitrogen and oxygen atoms in total. The second kappa shape index (κ2) is 7.92. The van der Waals surface area contributed by atoms with Crippen molar-refractivity contribution in [3.05, 3.63) is 40.8 Å². The van der Waals surface area contributed by atoms with Crippen LogP contribution in [-0.4, -0.2) is 58.8 Å². The van der Waals surface area contributed by atoms with Gasteiger partial charge in [0.25, 0.3) is 5.91 Å². The van der Waals surface area contributed by atoms with Crippen LogP contribution in [0.3, 0.4) is 0 Å². The van der Waals surface area contributed by atoms with Crippen LogP contribution in [0.25, 0.3) is 6.08 Å². The lowest BCUT2D eigenvalue weighted by Crippen LogP contribution is -2.42. The Morgan fingerprint density at radius 3 is 2.67 bits per heavy atom. The second-order valence-corrected chi connectivity index (χ2v) is 7.16. The number of rotatable bonds is 4. The standard InChI is InChI=1S/C17H18N2O3S2/c20-15(18-8-10-22-11-9-18)6-7-19-16(21)14(24-17(19)23)12-13-4-2-1-3-5-13/h1-5,12H,6-11H2/b14-12-. The van der Waals surface area contributed by atoms with E-state index in [0.29, 0.717) is 42.1 Å². The number of thiocarbonyl (C=S) groups is 1. The summed E-state index contributed by atoms with van der Waals surface area (Å²) in [5, 5.41) is 0. The SMILES string of the molecule is O=C(CCN1C(=O)/C(=C/c2ccccc2)SC1=S)N1CCOCC1. The predicted molar refractivity (Wildman–Crippen MR) is 98.3 cm³/mol. The molecule has 0 bridgehead atoms. The van der Waals surface area contributed by atoms with Gasteiger partial charge in [-0.2, -0.15) is 0 Å². The Labute approximate surface area is 150 Å². The number of amides is 2. The van der Waals surface area contributed by atoms with Crippen molar-refractivity contribution < 1.29 is 14.3 Å². The lowest BCUT2D eigenvalue weighted by molar-refractivity contribution is -0.135. The van der Waals surface area contributed by atoms with E-state index >= 15 is 0 Å². The molecule has 2 heterocycles. The van der Waals surface area contributed by atoms with E-state index in [2.05, 4.69) is 0 Å². The number of carbonyl (C=O) groups excluding carboxylic acids is 2. The fourth-order valence-electron chi connectivity index (χ4n) is 2.57. The zero-order chi connectivity index (χ0) is 16.9. The first-order valence-corrected chi connectivity index (χ1v) is 9.03. The van der Waals surface area contributed by atoms with Crippen LogP contribution in [0.4, 0.5) is 0 Å². The van der Waals surface area contributed by atoms with E-state index in [1.54, 1.807) is 4.90 Å². The lowest BCUT2D eigenvalue weighted by Gasteiger charge is -2.27. The number of benzene rings is 1. The highest BCUT2D eigenvalue weighted by molar-refractivity contribution is 8.26. The summed E-state index contributed by atoms with van der Waals surface area (Å²) < 4.78 is 5.75. The number of nitrogens with zero attached hydrogens (tertiary/aromatic N) is 2. The molecule has 0 saturated carbocycles. The van der Waals surface area contributed by atoms with E-state index in [9.17, 15) is 9.59 Å². The summed E-state index contributed by atoms with van der Waals surface area (Å²) in [4.78, 5) is 28.6. The Morgan fingerprint density at radius 1 is 1.25 bits per heavy atom. The molecule has 0 spiro atoms. The first kappa shape index (κ1) is 17.1. The highest BCUT2D eigenvalue weighted by Crippen LogP contribution is 2.32. The Kier molecular flexibility index (Phi) is 5.65. The van der Waals surface area contributed by atoms with Crippen molar-refractivity contribution in [2.24, 2.45) is 0 Å². The molecular weight excluding hydrogens is 344 g/mol. The highest BCUT2D eigenvalue weighted by Gasteiger charge is 2.32. The Bertz CT molecular complexity index is 670. The molecule has 0 aliphatic carbocycles. The van der Waals surface area contributed by atoms with E-state index in [1.807, 2.05) is 36.4 Å². The van der Waals surface area contributed by atoms with Gasteiger partial charge in [0.15, 0.2) is 0 Å². The van der Waals surface area contributed by atoms with Crippen molar-refractivity contribution >= 4 is 46.2 Å². The first-order valence-electron chi connectivity index (χ1n) is 7.81. The molecule has 0 unspecified atom stereocenters. The smallest absolute Gasteiger partial charge is 0.266 e. The van der Waals surface area contributed by atoms with Crippen LogP contribution >= 0.6 is 24.0 Å². The minimum absolute atomic E-state index is 0.0411. The van der Waals surface area contributed by atoms with Gasteiger partial charge < -0.3 is 9.64 Å². The average Bonchev–Trinajstić information content (AvgIpc) is 2.88. The van der Waals surface area contributed by atoms with Crippen LogP contribution in [0, 0.1) is 0 Å². The number of hydrogen-bond donors (Lipinski definition) is 0. The normalized spacial score (nSPS) is 20.1. The van der Waals surface area contributed by atoms with Gasteiger partial charge in [-0.05, 0) is 11.6 Å². The molecule has 0 N–H and O–H groups in total. The van der Waals surface area contributed by atoms with Gasteiger partial charge in [-0.15, -0.1) is 0 Å². The van der Waals surface area contributed by atoms with Gasteiger partial charge >= 0.3 is 0 Å². The number of hydrogen-bond acceptors (Lipinski definition) is 5. The van der Waals surface area contributed by atoms with Crippen LogP contribution in [-0.2, 0) is 14.3 Å². The maximum absolute atomic E-state index is 12.5. The number of morpholine rings is 1. The molecular formula is C17H18N2O3S2. The van der Waals surface area contributed by atoms with Gasteiger partial charge in [0, 0.05) is 26.1 Å². The van der Waals surface area contributed by atoms with Crippen molar-refractivity contribution in [3.8, 4) is 0 Å². The van der Waals surface area contributed by atoms with E-state index < -0.39 is 0 Å². The number of carbonyl (C=O) groups is 2. The zero-order valence-electron chi connectivity index (χ0n) is 13.1. The summed E-state index contributed by atoms with van der Waals surface area (Å²) in [6.07, 6.45) is 2.12. The Balaban J connectivity index is 1.60. The van der Waals surface area contributed by atoms with Gasteiger partial charge in [0.2, 0.25) is 5.91 Å². The lowest BCUT2D eigenvalue weighted by atomic mass is 10.2. The minimum atomic E-state index is -0.122. The molecule has 0 atom stereocenters. The molecule has 0 radical (unpaired) electrons. The summed E-state index contributed by atoms with van der Waals surface area (Å²) in [7, 11) is 0. The fraction of sp³-hybridized carbons (Fsp3) is 0.353. The quantitative estimate of drug-likeness (QED) is 0.607. The third kappa shape index (κ3) is 4.03. The van der Waals surface area contributed by atoms with Gasteiger partial charge in [0.05, 0.1) is 18.1 Å². The molecule has 3 rings (SSSR count). The van der Waals surface area contributed by atoms with E-state index in [1.165, 1.54) is 16.7 Å². The minimum Gasteiger partial charge on any atom is -0.378 e. The summed E-state index contributed by atoms with van der Waals surface area (Å²) in [6.45, 7) is 2.71. The van der Waals surface area contributed by atoms with Crippen LogP contribution < -0.4 is 0 Å². The van der Waals surface area contributed by atoms with Crippen LogP contribution in [0.5, 0.6) is 0 Å². The summed E-state index contributed by atoms with van der Waals surface area (Å²) in [6, 6.07) is 9.66. The molecule has 2 aliphatic heterocycles. The maximum atomic E-state index is 12.5. The summed E-state index contributed by atoms with van der Waals surface area (Å²) in [5.74, 6) is -0.0805. The Morgan fingerprint density at radius 2 is 1.96 bits per heavy atom. The Hall–Kier alpha value is -1.70. The van der Waals surface area contributed by atoms with Crippen molar-refractivity contribution in [2.45, 2.75) is 6.42 Å². The largest absolute Gasteiger partial charge is 0.378 e. The van der Waals surface area contributed by atoms with E-state index in [0.717, 1.165) is 5.56 Å². The van der Waals surface area contributed by atoms with Gasteiger partial charge in [-0.25, -0.2) is 0 Å². The van der Waals surface area contributed by atoms with Gasteiger partial charge in [-0.1, -0.05) is 54.3 Å². The molecule has 24 heavy (non-hydrogen) atoms. The fourth-order valence-corrected chi connectivity index (χ4v) is 3.88. The maximum Gasteiger partial charge on any atom is 0.266 e. The highest BCUT2D eigenvalue weighted by atomic mass is 32.2. The molecule has 2 saturated heterocycles. The monoisotopic (exact) mass is 362 g/mol. The van der Waals surface area contributed by atoms with Gasteiger partial charge in [0.1, 0.15) is 4.32 Å². The molecule has 1 aromatic rings. The predicted octanol–water partition coefficient (Wildman–Crippen LogP) is 2.14. The molecule has 2 aliphatic rings. The molecule has 7 heteroatoms. The molecule has 2 amide bonds. The first-order chi connectivity index (χ1) is 11.6. The van der Waals surface area contributed by atoms with Crippen molar-refractivity contribution in [3.63, 3.8) is 0 Å². The van der Waals surface area contributed by atoms with Crippen LogP contribution in [0.15, 0.2) is 35.2 Å². The topological polar surface area (TPSA) is 49.9 Å². The molecule has 126 valence electrons. The van der Waals surface area contributed by atoms with Crippen LogP contribution in [0.2, 0.25) is 0 Å². The third-order valence-electron chi connectivity index (χ3n) is 3.88. The third-order valence-corrected chi connectivity index (χ3v) is 5.26. The molecule has 1 aromatic carbocycles. The van der Waals surface area contributed by atoms with Crippen molar-refractivity contribution in [2.75, 3.05) is 32.8 Å². The average molecular weight is 362 g/mol. The van der Waals surface area contributed by atoms with E-state index in [-0.39, 0.29) is 18.2 Å². The van der Waals surface area contributed by atoms with Crippen molar-refractivity contribution in [1.82, 2.24) is 9.80 Å². The van der Waals surface area contributed by atoms with Gasteiger partial charge in [-0.3, -0.25) is 14.5 Å². The molecule has 2 fully saturated rings. The van der Waals surface area contributed by atoms with Crippen LogP contribution in [0.1, 0.15) is 12.0 Å². The van der Waals surface area contributed by atoms with E-state index in [4.69, 9.17) is 17.0 Å². The van der Waals surface area contributed by atoms with Crippen molar-refractivity contribution in [1.29, 1.82) is 0 Å². The number of thioether (sulfide) groups is 1. The molecule has 0 aromatic heterocycles. The summed E-state index contributed by atoms with van der Waals surface area (Å²) >= 11 is 6.59. The summed E-state index contributed by atoms with van der Waals surface area (Å²) in [5.41, 5.74) is 0.961. The zero-order valence-corrected chi connectivity index (χ0v) is 14.8. The number of ether oxygens (including phenoxy) is 1. The second-order valence-electron chi connectivity index (χ2n) is 5.49.